The Morgan fingerprint density at radius 3 is 0.897 bits per heavy atom. The van der Waals surface area contributed by atoms with Gasteiger partial charge in [0.15, 0.2) is 5.82 Å². The summed E-state index contributed by atoms with van der Waals surface area (Å²) in [7, 11) is 0. The topological polar surface area (TPSA) is 71.3 Å². The Morgan fingerprint density at radius 1 is 0.207 bits per heavy atom. The summed E-state index contributed by atoms with van der Waals surface area (Å²) in [6.07, 6.45) is 7.98. The molecule has 0 N–H and O–H groups in total. The molecular weight excluding hydrogens is 1490 g/mol. The summed E-state index contributed by atoms with van der Waals surface area (Å²) >= 11 is 7.49. The molecule has 11 heterocycles. The average Bonchev–Trinajstić information content (AvgIpc) is 1.56. The van der Waals surface area contributed by atoms with Crippen LogP contribution in [-0.2, 0) is 0 Å². The molecule has 0 aliphatic rings. The number of hydrogen-bond acceptors (Lipinski definition) is 8. The lowest BCUT2D eigenvalue weighted by Crippen LogP contribution is -2.04. The first-order valence-electron chi connectivity index (χ1n) is 39.0. The Kier molecular flexibility index (Phi) is 13.7. The Hall–Kier alpha value is -14.2. The molecule has 15 aromatic carbocycles. The maximum absolute atomic E-state index is 6.22. The van der Waals surface area contributed by atoms with Crippen molar-refractivity contribution in [1.29, 1.82) is 0 Å². The third kappa shape index (κ3) is 9.17. The van der Waals surface area contributed by atoms with Crippen LogP contribution in [0.1, 0.15) is 0 Å². The third-order valence-electron chi connectivity index (χ3n) is 24.2. The minimum Gasteiger partial charge on any atom is -0.309 e. The Bertz CT molecular complexity index is 8270. The van der Waals surface area contributed by atoms with Crippen molar-refractivity contribution in [2.45, 2.75) is 0 Å². The van der Waals surface area contributed by atoms with Gasteiger partial charge >= 0.3 is 0 Å². The second-order valence-corrected chi connectivity index (χ2v) is 34.4. The number of benzene rings is 15. The molecule has 26 aromatic rings. The molecule has 26 rings (SSSR count). The zero-order valence-corrected chi connectivity index (χ0v) is 65.0. The van der Waals surface area contributed by atoms with E-state index in [4.69, 9.17) is 19.9 Å². The van der Waals surface area contributed by atoms with E-state index >= 15 is 0 Å². The largest absolute Gasteiger partial charge is 0.309 e. The van der Waals surface area contributed by atoms with Crippen molar-refractivity contribution in [2.24, 2.45) is 0 Å². The van der Waals surface area contributed by atoms with Crippen molar-refractivity contribution >= 4 is 213 Å². The van der Waals surface area contributed by atoms with Gasteiger partial charge in [-0.2, -0.15) is 0 Å². The highest BCUT2D eigenvalue weighted by atomic mass is 32.1. The Morgan fingerprint density at radius 2 is 0.517 bits per heavy atom. The molecule has 11 aromatic heterocycles. The van der Waals surface area contributed by atoms with Crippen LogP contribution >= 0.6 is 45.3 Å². The number of para-hydroxylation sites is 4. The second kappa shape index (κ2) is 24.6. The number of thiophene rings is 4. The van der Waals surface area contributed by atoms with Gasteiger partial charge in [0.2, 0.25) is 0 Å². The van der Waals surface area contributed by atoms with Gasteiger partial charge in [0.05, 0.1) is 78.3 Å². The fourth-order valence-electron chi connectivity index (χ4n) is 19.2. The number of nitrogens with zero attached hydrogens (tertiary/aromatic N) is 8. The Balaban J connectivity index is 0.763. The van der Waals surface area contributed by atoms with E-state index in [-0.39, 0.29) is 0 Å². The molecule has 12 heteroatoms. The molecule has 0 radical (unpaired) electrons. The number of hydrogen-bond donors (Lipinski definition) is 0. The number of aromatic nitrogens is 8. The van der Waals surface area contributed by atoms with Crippen LogP contribution in [0, 0.1) is 0 Å². The zero-order valence-electron chi connectivity index (χ0n) is 61.7. The van der Waals surface area contributed by atoms with Crippen molar-refractivity contribution in [1.82, 2.24) is 38.2 Å². The molecule has 0 fully saturated rings. The maximum Gasteiger partial charge on any atom is 0.162 e. The summed E-state index contributed by atoms with van der Waals surface area (Å²) in [5.41, 5.74) is 21.0. The van der Waals surface area contributed by atoms with Crippen LogP contribution in [0.4, 0.5) is 0 Å². The summed E-state index contributed by atoms with van der Waals surface area (Å²) in [5, 5.41) is 19.8. The van der Waals surface area contributed by atoms with Crippen LogP contribution in [0.25, 0.3) is 247 Å². The van der Waals surface area contributed by atoms with Crippen LogP contribution in [0.3, 0.4) is 0 Å². The monoisotopic (exact) mass is 1550 g/mol. The highest BCUT2D eigenvalue weighted by molar-refractivity contribution is 7.28. The fraction of sp³-hybridized carbons (Fsp3) is 0. The number of rotatable bonds is 9. The summed E-state index contributed by atoms with van der Waals surface area (Å²) in [5.74, 6) is 0.562. The summed E-state index contributed by atoms with van der Waals surface area (Å²) in [4.78, 5) is 22.3. The third-order valence-corrected chi connectivity index (χ3v) is 29.0. The van der Waals surface area contributed by atoms with Gasteiger partial charge in [0.25, 0.3) is 0 Å². The fourth-order valence-corrected chi connectivity index (χ4v) is 24.3. The van der Waals surface area contributed by atoms with Crippen LogP contribution in [0.5, 0.6) is 0 Å². The first-order chi connectivity index (χ1) is 57.6. The van der Waals surface area contributed by atoms with Crippen LogP contribution in [0.15, 0.2) is 352 Å². The molecule has 0 spiro atoms. The minimum absolute atomic E-state index is 0.562. The first-order valence-corrected chi connectivity index (χ1v) is 42.3. The second-order valence-electron chi connectivity index (χ2n) is 30.2. The van der Waals surface area contributed by atoms with Gasteiger partial charge in [-0.25, -0.2) is 9.97 Å². The molecule has 0 aliphatic carbocycles. The van der Waals surface area contributed by atoms with E-state index in [9.17, 15) is 0 Å². The number of pyridine rings is 2. The van der Waals surface area contributed by atoms with Crippen LogP contribution < -0.4 is 0 Å². The van der Waals surface area contributed by atoms with E-state index in [2.05, 4.69) is 352 Å². The lowest BCUT2D eigenvalue weighted by atomic mass is 9.97. The van der Waals surface area contributed by atoms with E-state index in [1.807, 2.05) is 63.9 Å². The molecule has 0 saturated carbocycles. The lowest BCUT2D eigenvalue weighted by Gasteiger charge is -2.20. The van der Waals surface area contributed by atoms with Crippen LogP contribution in [0.2, 0.25) is 0 Å². The predicted octanol–water partition coefficient (Wildman–Crippen LogP) is 29.5. The molecule has 0 saturated heterocycles. The summed E-state index contributed by atoms with van der Waals surface area (Å²) in [6, 6.07) is 121. The quantitative estimate of drug-likeness (QED) is 0.144. The van der Waals surface area contributed by atoms with Gasteiger partial charge in [0.1, 0.15) is 0 Å². The van der Waals surface area contributed by atoms with E-state index in [0.717, 1.165) is 117 Å². The summed E-state index contributed by atoms with van der Waals surface area (Å²) < 4.78 is 20.1. The van der Waals surface area contributed by atoms with Crippen LogP contribution in [-0.4, -0.2) is 38.2 Å². The lowest BCUT2D eigenvalue weighted by molar-refractivity contribution is 1.13. The summed E-state index contributed by atoms with van der Waals surface area (Å²) in [6.45, 7) is 0. The SMILES string of the molecule is c1ccc(-c2cc(-c3cc(-c4cnccc4-n4c5ccccc5c5c6sc7ccccc7c6ccc54)ccc3-n3c4ccccc4c4c5sc6ccccc6c5ccc43)nc(-c3cc(-c4cnccc4-n4c5ccccc5c5c6sc7ccccc7c6ccc54)ccc3-n3c4ccccc4c4c5sc6ccccc6c5ccc43)n2)cc1. The molecular formula is C104H58N8S4. The molecule has 538 valence electrons. The smallest absolute Gasteiger partial charge is 0.162 e. The van der Waals surface area contributed by atoms with Gasteiger partial charge < -0.3 is 18.3 Å². The molecule has 0 bridgehead atoms. The van der Waals surface area contributed by atoms with Crippen molar-refractivity contribution in [2.75, 3.05) is 0 Å². The van der Waals surface area contributed by atoms with Crippen molar-refractivity contribution in [3.8, 4) is 78.9 Å². The van der Waals surface area contributed by atoms with Gasteiger partial charge in [-0.1, -0.05) is 212 Å². The molecule has 8 nitrogen and oxygen atoms in total. The van der Waals surface area contributed by atoms with Gasteiger partial charge in [-0.05, 0) is 126 Å². The molecule has 0 unspecified atom stereocenters. The van der Waals surface area contributed by atoms with E-state index < -0.39 is 0 Å². The number of fused-ring (bicyclic) bond motifs is 28. The van der Waals surface area contributed by atoms with E-state index in [1.165, 1.54) is 124 Å². The molecule has 0 aliphatic heterocycles. The predicted molar refractivity (Wildman–Crippen MR) is 494 cm³/mol. The van der Waals surface area contributed by atoms with E-state index in [1.54, 1.807) is 0 Å². The van der Waals surface area contributed by atoms with Crippen molar-refractivity contribution in [3.63, 3.8) is 0 Å². The molecule has 116 heavy (non-hydrogen) atoms. The molecule has 0 atom stereocenters. The standard InChI is InChI=1S/C104H58N8S4/c1-2-20-59(21-3-1)78-56-79(74-54-60(38-44-84(74)109-80-30-12-4-26-70(80)96-88(109)46-40-66-62-22-8-16-34-92(62)113-100(66)96)76-57-105-52-50-86(76)111-82-32-14-6-28-72(82)98-90(111)48-42-68-64-24-10-18-36-94(64)115-102(68)98)108-104(107-78)75-55-61(39-45-85(75)110-81-31-13-5-27-71(81)97-89(110)47-41-67-63-23-9-17-35-93(63)114-101(67)97)77-58-106-53-51-87(77)112-83-33-15-7-29-73(83)99-91(112)49-43-69-65-25-11-19-37-95(65)116-103(69)99/h1-58H. The van der Waals surface area contributed by atoms with Crippen molar-refractivity contribution in [3.05, 3.63) is 352 Å². The average molecular weight is 1550 g/mol. The Labute approximate surface area is 677 Å². The maximum atomic E-state index is 6.22. The van der Waals surface area contributed by atoms with E-state index in [0.29, 0.717) is 5.82 Å². The highest BCUT2D eigenvalue weighted by Gasteiger charge is 2.29. The van der Waals surface area contributed by atoms with Gasteiger partial charge in [-0.15, -0.1) is 45.3 Å². The molecule has 0 amide bonds. The highest BCUT2D eigenvalue weighted by Crippen LogP contribution is 2.52. The van der Waals surface area contributed by atoms with Gasteiger partial charge in [0, 0.05) is 176 Å². The van der Waals surface area contributed by atoms with Crippen molar-refractivity contribution < 1.29 is 0 Å². The minimum atomic E-state index is 0.562. The normalized spacial score (nSPS) is 12.3. The van der Waals surface area contributed by atoms with Gasteiger partial charge in [-0.3, -0.25) is 9.97 Å². The zero-order chi connectivity index (χ0) is 75.5. The first kappa shape index (κ1) is 64.3.